The van der Waals surface area contributed by atoms with Crippen LogP contribution in [0.2, 0.25) is 0 Å². The topological polar surface area (TPSA) is 196 Å². The third-order valence-electron chi connectivity index (χ3n) is 5.42. The molecule has 0 unspecified atom stereocenters. The molecule has 0 fully saturated rings. The number of ether oxygens (including phenoxy) is 3. The third-order valence-corrected chi connectivity index (χ3v) is 5.42. The maximum Gasteiger partial charge on any atom is 0.416 e. The molecule has 2 aromatic carbocycles. The predicted molar refractivity (Wildman–Crippen MR) is 154 cm³/mol. The van der Waals surface area contributed by atoms with E-state index >= 15 is 0 Å². The minimum Gasteiger partial charge on any atom is -0.480 e. The minimum atomic E-state index is -1.28. The quantitative estimate of drug-likeness (QED) is 0.138. The Morgan fingerprint density at radius 2 is 1.44 bits per heavy atom. The van der Waals surface area contributed by atoms with Crippen LogP contribution in [0.25, 0.3) is 0 Å². The number of nitrogens with one attached hydrogen (secondary N) is 4. The van der Waals surface area contributed by atoms with E-state index in [9.17, 15) is 24.0 Å². The molecule has 5 N–H and O–H groups in total. The van der Waals surface area contributed by atoms with Crippen LogP contribution in [0.3, 0.4) is 0 Å². The van der Waals surface area contributed by atoms with Gasteiger partial charge in [0.15, 0.2) is 0 Å². The molecule has 43 heavy (non-hydrogen) atoms. The number of nitrogens with zero attached hydrogens (tertiary/aromatic N) is 1. The molecule has 2 aromatic rings. The van der Waals surface area contributed by atoms with Gasteiger partial charge in [0.05, 0.1) is 0 Å². The van der Waals surface area contributed by atoms with Gasteiger partial charge >= 0.3 is 24.2 Å². The van der Waals surface area contributed by atoms with Crippen LogP contribution in [-0.2, 0) is 37.0 Å². The van der Waals surface area contributed by atoms with Crippen LogP contribution >= 0.6 is 0 Å². The van der Waals surface area contributed by atoms with Crippen molar-refractivity contribution in [2.24, 2.45) is 0 Å². The highest BCUT2D eigenvalue weighted by Crippen LogP contribution is 2.10. The van der Waals surface area contributed by atoms with Crippen molar-refractivity contribution in [2.45, 2.75) is 58.5 Å². The summed E-state index contributed by atoms with van der Waals surface area (Å²) in [6.07, 6.45) is -2.90. The molecule has 232 valence electrons. The zero-order valence-corrected chi connectivity index (χ0v) is 24.3. The lowest BCUT2D eigenvalue weighted by Crippen LogP contribution is -2.50. The van der Waals surface area contributed by atoms with Crippen LogP contribution in [0.5, 0.6) is 0 Å². The molecular formula is C29H37N5O9. The Kier molecular flexibility index (Phi) is 13.4. The third kappa shape index (κ3) is 13.9. The summed E-state index contributed by atoms with van der Waals surface area (Å²) in [5, 5.41) is 24.0. The van der Waals surface area contributed by atoms with Crippen molar-refractivity contribution in [2.75, 3.05) is 13.1 Å². The summed E-state index contributed by atoms with van der Waals surface area (Å²) in [5.74, 6) is -2.71. The van der Waals surface area contributed by atoms with Crippen molar-refractivity contribution in [3.05, 3.63) is 71.8 Å². The minimum absolute atomic E-state index is 0.0184. The predicted octanol–water partition coefficient (Wildman–Crippen LogP) is 3.36. The Morgan fingerprint density at radius 1 is 0.884 bits per heavy atom. The maximum absolute atomic E-state index is 13.0. The summed E-state index contributed by atoms with van der Waals surface area (Å²) in [7, 11) is 0. The number of amides is 4. The van der Waals surface area contributed by atoms with Gasteiger partial charge in [-0.2, -0.15) is 0 Å². The van der Waals surface area contributed by atoms with Gasteiger partial charge in [0.25, 0.3) is 0 Å². The summed E-state index contributed by atoms with van der Waals surface area (Å²) in [5.41, 5.74) is 0.545. The molecule has 0 radical (unpaired) electrons. The van der Waals surface area contributed by atoms with Crippen molar-refractivity contribution >= 4 is 36.1 Å². The first-order chi connectivity index (χ1) is 20.3. The molecule has 0 aliphatic rings. The Bertz CT molecular complexity index is 1250. The van der Waals surface area contributed by atoms with E-state index in [2.05, 4.69) is 16.0 Å². The zero-order valence-electron chi connectivity index (χ0n) is 24.3. The molecule has 0 saturated carbocycles. The molecule has 14 heteroatoms. The molecule has 0 saturated heterocycles. The molecular weight excluding hydrogens is 562 g/mol. The highest BCUT2D eigenvalue weighted by atomic mass is 16.6. The van der Waals surface area contributed by atoms with Gasteiger partial charge in [-0.1, -0.05) is 60.7 Å². The van der Waals surface area contributed by atoms with E-state index in [4.69, 9.17) is 24.7 Å². The first-order valence-corrected chi connectivity index (χ1v) is 13.4. The molecule has 0 aromatic heterocycles. The number of rotatable bonds is 12. The maximum atomic E-state index is 13.0. The Morgan fingerprint density at radius 3 is 1.98 bits per heavy atom. The number of carboxylic acids is 1. The van der Waals surface area contributed by atoms with Gasteiger partial charge in [-0.25, -0.2) is 19.3 Å². The highest BCUT2D eigenvalue weighted by Gasteiger charge is 2.27. The Balaban J connectivity index is 2.09. The van der Waals surface area contributed by atoms with Crippen molar-refractivity contribution in [3.8, 4) is 0 Å². The van der Waals surface area contributed by atoms with E-state index in [1.807, 2.05) is 6.07 Å². The Labute approximate surface area is 249 Å². The van der Waals surface area contributed by atoms with E-state index in [-0.39, 0.29) is 32.6 Å². The van der Waals surface area contributed by atoms with E-state index in [0.29, 0.717) is 11.1 Å². The van der Waals surface area contributed by atoms with Gasteiger partial charge in [0.1, 0.15) is 31.4 Å². The first-order valence-electron chi connectivity index (χ1n) is 13.4. The first kappa shape index (κ1) is 34.1. The lowest BCUT2D eigenvalue weighted by Gasteiger charge is -2.25. The second-order valence-electron chi connectivity index (χ2n) is 10.2. The second kappa shape index (κ2) is 17.0. The molecule has 0 heterocycles. The number of hydrogen-bond donors (Lipinski definition) is 5. The largest absolute Gasteiger partial charge is 0.480 e. The lowest BCUT2D eigenvalue weighted by molar-refractivity contribution is -0.138. The smallest absolute Gasteiger partial charge is 0.416 e. The second-order valence-corrected chi connectivity index (χ2v) is 10.2. The summed E-state index contributed by atoms with van der Waals surface area (Å²) in [4.78, 5) is 62.0. The lowest BCUT2D eigenvalue weighted by atomic mass is 10.1. The van der Waals surface area contributed by atoms with Crippen LogP contribution < -0.4 is 16.0 Å². The summed E-state index contributed by atoms with van der Waals surface area (Å²) >= 11 is 0. The molecule has 0 aliphatic carbocycles. The molecule has 4 amide bonds. The SMILES string of the molecule is CC(C)(C)OC(=O)N[C@H](CCCN(C(=N)NC(=O)OCc1ccccc1)C(=O)OCc1ccccc1)C(=O)NCC(=O)O. The average Bonchev–Trinajstić information content (AvgIpc) is 2.95. The number of benzene rings is 2. The number of alkyl carbamates (subject to hydrolysis) is 2. The molecule has 14 nitrogen and oxygen atoms in total. The molecule has 0 spiro atoms. The van der Waals surface area contributed by atoms with Gasteiger partial charge in [-0.15, -0.1) is 0 Å². The van der Waals surface area contributed by atoms with Crippen molar-refractivity contribution in [3.63, 3.8) is 0 Å². The standard InChI is InChI=1S/C29H37N5O9/c1-29(2,3)43-27(39)32-22(24(37)31-17-23(35)36)15-10-16-34(28(40)42-19-21-13-8-5-9-14-21)25(30)33-26(38)41-18-20-11-6-4-7-12-20/h4-9,11-14,22H,10,15-19H2,1-3H3,(H,31,37)(H,32,39)(H,35,36)(H2,30,33,38)/t22-/m1/s1. The van der Waals surface area contributed by atoms with Gasteiger partial charge in [0.2, 0.25) is 11.9 Å². The average molecular weight is 600 g/mol. The monoisotopic (exact) mass is 599 g/mol. The fourth-order valence-corrected chi connectivity index (χ4v) is 3.47. The molecule has 2 rings (SSSR count). The van der Waals surface area contributed by atoms with E-state index in [0.717, 1.165) is 4.90 Å². The van der Waals surface area contributed by atoms with Crippen molar-refractivity contribution < 1.29 is 43.3 Å². The summed E-state index contributed by atoms with van der Waals surface area (Å²) in [6, 6.07) is 16.4. The van der Waals surface area contributed by atoms with E-state index in [1.54, 1.807) is 75.4 Å². The Hall–Kier alpha value is -5.14. The van der Waals surface area contributed by atoms with Crippen molar-refractivity contribution in [1.29, 1.82) is 5.41 Å². The van der Waals surface area contributed by atoms with Crippen LogP contribution in [0, 0.1) is 5.41 Å². The summed E-state index contributed by atoms with van der Waals surface area (Å²) < 4.78 is 15.7. The summed E-state index contributed by atoms with van der Waals surface area (Å²) in [6.45, 7) is 3.83. The number of carboxylic acid groups (broad SMARTS) is 1. The fraction of sp³-hybridized carbons (Fsp3) is 0.379. The van der Waals surface area contributed by atoms with Crippen LogP contribution in [0.1, 0.15) is 44.7 Å². The number of aliphatic carboxylic acids is 1. The normalized spacial score (nSPS) is 11.3. The number of carbonyl (C=O) groups excluding carboxylic acids is 4. The number of carbonyl (C=O) groups is 5. The van der Waals surface area contributed by atoms with Crippen LogP contribution in [0.15, 0.2) is 60.7 Å². The highest BCUT2D eigenvalue weighted by molar-refractivity contribution is 5.99. The van der Waals surface area contributed by atoms with E-state index in [1.165, 1.54) is 0 Å². The van der Waals surface area contributed by atoms with Gasteiger partial charge in [-0.3, -0.25) is 20.3 Å². The number of guanidine groups is 1. The van der Waals surface area contributed by atoms with Crippen molar-refractivity contribution in [1.82, 2.24) is 20.9 Å². The van der Waals surface area contributed by atoms with Gasteiger partial charge < -0.3 is 30.0 Å². The van der Waals surface area contributed by atoms with Gasteiger partial charge in [0, 0.05) is 6.54 Å². The molecule has 0 bridgehead atoms. The fourth-order valence-electron chi connectivity index (χ4n) is 3.47. The van der Waals surface area contributed by atoms with Crippen LogP contribution in [0.4, 0.5) is 14.4 Å². The van der Waals surface area contributed by atoms with E-state index < -0.39 is 54.3 Å². The zero-order chi connectivity index (χ0) is 31.8. The van der Waals surface area contributed by atoms with Gasteiger partial charge in [-0.05, 0) is 44.7 Å². The van der Waals surface area contributed by atoms with Crippen LogP contribution in [-0.4, -0.2) is 70.9 Å². The molecule has 0 aliphatic heterocycles. The number of hydrogen-bond acceptors (Lipinski definition) is 9. The molecule has 1 atom stereocenters.